The van der Waals surface area contributed by atoms with Crippen molar-refractivity contribution in [1.82, 2.24) is 15.1 Å². The third-order valence-electron chi connectivity index (χ3n) is 7.04. The fourth-order valence-corrected chi connectivity index (χ4v) is 4.83. The Morgan fingerprint density at radius 3 is 2.46 bits per heavy atom. The lowest BCUT2D eigenvalue weighted by Gasteiger charge is -2.32. The molecule has 0 atom stereocenters. The Labute approximate surface area is 227 Å². The zero-order valence-electron chi connectivity index (χ0n) is 22.1. The first-order valence-electron chi connectivity index (χ1n) is 13.3. The Morgan fingerprint density at radius 2 is 1.77 bits per heavy atom. The molecule has 0 bridgehead atoms. The van der Waals surface area contributed by atoms with Gasteiger partial charge < -0.3 is 20.6 Å². The number of carbonyl (C=O) groups excluding carboxylic acids is 1. The maximum absolute atomic E-state index is 14.7. The molecule has 1 amide bonds. The number of likely N-dealkylation sites (tertiary alicyclic amines) is 1. The van der Waals surface area contributed by atoms with Crippen molar-refractivity contribution in [2.45, 2.75) is 38.8 Å². The van der Waals surface area contributed by atoms with Crippen LogP contribution >= 0.6 is 0 Å². The number of hydrogen-bond donors (Lipinski definition) is 3. The molecule has 1 aliphatic rings. The van der Waals surface area contributed by atoms with Crippen LogP contribution in [0.25, 0.3) is 0 Å². The van der Waals surface area contributed by atoms with Gasteiger partial charge in [-0.2, -0.15) is 0 Å². The number of piperidine rings is 1. The third kappa shape index (κ3) is 7.59. The molecular weight excluding hydrogens is 505 g/mol. The number of halogens is 3. The van der Waals surface area contributed by atoms with Crippen molar-refractivity contribution in [1.29, 1.82) is 0 Å². The summed E-state index contributed by atoms with van der Waals surface area (Å²) in [5.74, 6) is -3.80. The second-order valence-corrected chi connectivity index (χ2v) is 9.95. The number of anilines is 2. The Bertz CT molecular complexity index is 1250. The van der Waals surface area contributed by atoms with Crippen LogP contribution in [0.15, 0.2) is 60.7 Å². The van der Waals surface area contributed by atoms with Gasteiger partial charge in [-0.25, -0.2) is 13.2 Å². The van der Waals surface area contributed by atoms with Crippen LogP contribution in [0.5, 0.6) is 0 Å². The topological polar surface area (TPSA) is 67.8 Å². The van der Waals surface area contributed by atoms with E-state index in [1.807, 2.05) is 6.07 Å². The minimum absolute atomic E-state index is 0.0892. The molecule has 0 radical (unpaired) electrons. The molecular formula is C30H35F3N4O2. The highest BCUT2D eigenvalue weighted by Crippen LogP contribution is 2.29. The van der Waals surface area contributed by atoms with E-state index >= 15 is 0 Å². The normalized spacial score (nSPS) is 14.4. The summed E-state index contributed by atoms with van der Waals surface area (Å²) in [5.41, 5.74) is 1.21. The van der Waals surface area contributed by atoms with Crippen molar-refractivity contribution < 1.29 is 23.1 Å². The summed E-state index contributed by atoms with van der Waals surface area (Å²) < 4.78 is 43.2. The van der Waals surface area contributed by atoms with Crippen LogP contribution in [0, 0.1) is 24.4 Å². The zero-order valence-corrected chi connectivity index (χ0v) is 22.1. The molecule has 1 heterocycles. The molecule has 3 N–H and O–H groups in total. The first kappa shape index (κ1) is 28.6. The summed E-state index contributed by atoms with van der Waals surface area (Å²) in [7, 11) is 0. The Morgan fingerprint density at radius 1 is 1.03 bits per heavy atom. The standard InChI is InChI=1S/C30H35F3N4O2/c1-21-8-11-27(26(32)18-21)35-29-24(9-10-25(31)28(29)33)30(39)37(20-38)15-5-14-34-23-12-16-36(17-13-23)19-22-6-3-2-4-7-22/h2-4,6-11,18,23,34-35,38H,5,12-17,19-20H2,1H3. The summed E-state index contributed by atoms with van der Waals surface area (Å²) in [6.45, 7) is 4.92. The lowest BCUT2D eigenvalue weighted by atomic mass is 10.0. The van der Waals surface area contributed by atoms with Crippen LogP contribution in [-0.4, -0.2) is 59.8 Å². The molecule has 0 spiro atoms. The number of aliphatic hydroxyl groups is 1. The summed E-state index contributed by atoms with van der Waals surface area (Å²) in [4.78, 5) is 16.8. The number of nitrogens with one attached hydrogen (secondary N) is 2. The van der Waals surface area contributed by atoms with Crippen molar-refractivity contribution in [2.24, 2.45) is 0 Å². The predicted octanol–water partition coefficient (Wildman–Crippen LogP) is 5.19. The van der Waals surface area contributed by atoms with Crippen LogP contribution in [0.2, 0.25) is 0 Å². The van der Waals surface area contributed by atoms with E-state index < -0.39 is 35.8 Å². The van der Waals surface area contributed by atoms with E-state index in [0.29, 0.717) is 24.6 Å². The van der Waals surface area contributed by atoms with E-state index in [2.05, 4.69) is 39.8 Å². The minimum Gasteiger partial charge on any atom is -0.376 e. The molecule has 3 aromatic rings. The molecule has 1 aliphatic heterocycles. The van der Waals surface area contributed by atoms with E-state index in [1.54, 1.807) is 13.0 Å². The monoisotopic (exact) mass is 540 g/mol. The van der Waals surface area contributed by atoms with Crippen LogP contribution < -0.4 is 10.6 Å². The molecule has 3 aromatic carbocycles. The van der Waals surface area contributed by atoms with E-state index in [1.165, 1.54) is 17.7 Å². The van der Waals surface area contributed by atoms with Crippen LogP contribution in [0.1, 0.15) is 40.7 Å². The maximum atomic E-state index is 14.7. The molecule has 6 nitrogen and oxygen atoms in total. The van der Waals surface area contributed by atoms with Gasteiger partial charge in [-0.3, -0.25) is 9.69 Å². The number of benzene rings is 3. The second kappa shape index (κ2) is 13.6. The lowest BCUT2D eigenvalue weighted by molar-refractivity contribution is 0.0551. The molecule has 1 saturated heterocycles. The van der Waals surface area contributed by atoms with Crippen LogP contribution in [0.3, 0.4) is 0 Å². The largest absolute Gasteiger partial charge is 0.376 e. The minimum atomic E-state index is -1.29. The van der Waals surface area contributed by atoms with E-state index in [0.717, 1.165) is 49.5 Å². The molecule has 0 aliphatic carbocycles. The number of nitrogens with zero attached hydrogens (tertiary/aromatic N) is 2. The van der Waals surface area contributed by atoms with Crippen molar-refractivity contribution >= 4 is 17.3 Å². The number of hydrogen-bond acceptors (Lipinski definition) is 5. The van der Waals surface area contributed by atoms with Crippen molar-refractivity contribution in [2.75, 3.05) is 38.2 Å². The lowest BCUT2D eigenvalue weighted by Crippen LogP contribution is -2.43. The van der Waals surface area contributed by atoms with Gasteiger partial charge in [-0.05, 0) is 81.2 Å². The smallest absolute Gasteiger partial charge is 0.257 e. The first-order valence-corrected chi connectivity index (χ1v) is 13.3. The second-order valence-electron chi connectivity index (χ2n) is 9.95. The van der Waals surface area contributed by atoms with Gasteiger partial charge in [0.1, 0.15) is 12.5 Å². The predicted molar refractivity (Wildman–Crippen MR) is 146 cm³/mol. The number of carbonyl (C=O) groups is 1. The molecule has 4 rings (SSSR count). The van der Waals surface area contributed by atoms with Crippen LogP contribution in [0.4, 0.5) is 24.5 Å². The van der Waals surface area contributed by atoms with Gasteiger partial charge in [-0.15, -0.1) is 0 Å². The van der Waals surface area contributed by atoms with Crippen molar-refractivity contribution in [3.05, 3.63) is 94.8 Å². The van der Waals surface area contributed by atoms with Crippen molar-refractivity contribution in [3.63, 3.8) is 0 Å². The maximum Gasteiger partial charge on any atom is 0.257 e. The molecule has 208 valence electrons. The zero-order chi connectivity index (χ0) is 27.8. The van der Waals surface area contributed by atoms with E-state index in [-0.39, 0.29) is 17.8 Å². The van der Waals surface area contributed by atoms with Gasteiger partial charge in [-0.1, -0.05) is 36.4 Å². The summed E-state index contributed by atoms with van der Waals surface area (Å²) >= 11 is 0. The van der Waals surface area contributed by atoms with Gasteiger partial charge in [0.05, 0.1) is 16.9 Å². The number of aliphatic hydroxyl groups excluding tert-OH is 1. The number of aryl methyl sites for hydroxylation is 1. The van der Waals surface area contributed by atoms with Crippen molar-refractivity contribution in [3.8, 4) is 0 Å². The molecule has 1 fully saturated rings. The SMILES string of the molecule is Cc1ccc(Nc2c(C(=O)N(CO)CCCNC3CCN(Cc4ccccc4)CC3)ccc(F)c2F)c(F)c1. The fraction of sp³-hybridized carbons (Fsp3) is 0.367. The first-order chi connectivity index (χ1) is 18.9. The fourth-order valence-electron chi connectivity index (χ4n) is 4.83. The summed E-state index contributed by atoms with van der Waals surface area (Å²) in [6.07, 6.45) is 2.61. The molecule has 0 saturated carbocycles. The Kier molecular flexibility index (Phi) is 9.97. The highest BCUT2D eigenvalue weighted by Gasteiger charge is 2.24. The van der Waals surface area contributed by atoms with E-state index in [4.69, 9.17) is 0 Å². The van der Waals surface area contributed by atoms with Crippen LogP contribution in [-0.2, 0) is 6.54 Å². The Hall–Kier alpha value is -3.40. The quantitative estimate of drug-likeness (QED) is 0.231. The van der Waals surface area contributed by atoms with Gasteiger partial charge >= 0.3 is 0 Å². The highest BCUT2D eigenvalue weighted by atomic mass is 19.2. The number of amides is 1. The van der Waals surface area contributed by atoms with Gasteiger partial charge in [0.15, 0.2) is 11.6 Å². The average Bonchev–Trinajstić information content (AvgIpc) is 2.94. The highest BCUT2D eigenvalue weighted by molar-refractivity contribution is 6.00. The average molecular weight is 541 g/mol. The van der Waals surface area contributed by atoms with Gasteiger partial charge in [0, 0.05) is 19.1 Å². The van der Waals surface area contributed by atoms with Gasteiger partial charge in [0.25, 0.3) is 5.91 Å². The number of rotatable bonds is 11. The molecule has 0 unspecified atom stereocenters. The third-order valence-corrected chi connectivity index (χ3v) is 7.04. The molecule has 0 aromatic heterocycles. The molecule has 39 heavy (non-hydrogen) atoms. The Balaban J connectivity index is 1.30. The summed E-state index contributed by atoms with van der Waals surface area (Å²) in [6, 6.07) is 17.0. The van der Waals surface area contributed by atoms with Gasteiger partial charge in [0.2, 0.25) is 0 Å². The molecule has 9 heteroatoms. The van der Waals surface area contributed by atoms with E-state index in [9.17, 15) is 23.1 Å². The summed E-state index contributed by atoms with van der Waals surface area (Å²) in [5, 5.41) is 15.9.